The first-order valence-corrected chi connectivity index (χ1v) is 5.61. The van der Waals surface area contributed by atoms with Crippen LogP contribution in [-0.2, 0) is 4.74 Å². The zero-order valence-corrected chi connectivity index (χ0v) is 9.75. The number of hydrogen-bond donors (Lipinski definition) is 0. The number of Topliss-reactive ketones (excluding diaryl/α,β-unsaturated/α-hetero) is 1. The first kappa shape index (κ1) is 10.9. The molecular formula is C14H16O2. The highest BCUT2D eigenvalue weighted by atomic mass is 16.5. The van der Waals surface area contributed by atoms with Crippen LogP contribution in [0.2, 0.25) is 0 Å². The van der Waals surface area contributed by atoms with Gasteiger partial charge in [0.15, 0.2) is 5.78 Å². The summed E-state index contributed by atoms with van der Waals surface area (Å²) < 4.78 is 5.21. The van der Waals surface area contributed by atoms with Gasteiger partial charge in [-0.3, -0.25) is 4.79 Å². The molecule has 84 valence electrons. The molecule has 0 saturated carbocycles. The molecule has 2 rings (SSSR count). The van der Waals surface area contributed by atoms with E-state index in [-0.39, 0.29) is 5.78 Å². The Balaban J connectivity index is 2.33. The lowest BCUT2D eigenvalue weighted by atomic mass is 9.94. The van der Waals surface area contributed by atoms with Crippen molar-refractivity contribution in [2.75, 3.05) is 6.61 Å². The van der Waals surface area contributed by atoms with E-state index < -0.39 is 0 Å². The van der Waals surface area contributed by atoms with Gasteiger partial charge in [-0.2, -0.15) is 0 Å². The Hall–Kier alpha value is -1.57. The Kier molecular flexibility index (Phi) is 3.09. The molecule has 1 aliphatic rings. The van der Waals surface area contributed by atoms with Crippen LogP contribution < -0.4 is 0 Å². The number of ketones is 1. The third kappa shape index (κ3) is 2.01. The van der Waals surface area contributed by atoms with Gasteiger partial charge in [0.25, 0.3) is 0 Å². The lowest BCUT2D eigenvalue weighted by Crippen LogP contribution is -2.11. The van der Waals surface area contributed by atoms with E-state index in [9.17, 15) is 4.79 Å². The minimum atomic E-state index is 0.112. The Labute approximate surface area is 95.9 Å². The van der Waals surface area contributed by atoms with Crippen molar-refractivity contribution >= 4 is 5.78 Å². The molecule has 0 unspecified atom stereocenters. The molecule has 0 radical (unpaired) electrons. The molecule has 1 aromatic carbocycles. The summed E-state index contributed by atoms with van der Waals surface area (Å²) in [6.07, 6.45) is 3.38. The standard InChI is InChI=1S/C14H16O2/c1-10-5-3-7-13(11(10)2)14(15)12-6-4-8-16-9-12/h3,5,7,9H,4,6,8H2,1-2H3. The number of rotatable bonds is 2. The number of ether oxygens (including phenoxy) is 1. The maximum atomic E-state index is 12.2. The molecule has 1 aliphatic heterocycles. The molecule has 1 heterocycles. The quantitative estimate of drug-likeness (QED) is 0.710. The third-order valence-electron chi connectivity index (χ3n) is 3.07. The lowest BCUT2D eigenvalue weighted by molar-refractivity contribution is 0.101. The fourth-order valence-electron chi connectivity index (χ4n) is 1.90. The fourth-order valence-corrected chi connectivity index (χ4v) is 1.90. The Morgan fingerprint density at radius 2 is 2.12 bits per heavy atom. The fraction of sp³-hybridized carbons (Fsp3) is 0.357. The molecule has 0 fully saturated rings. The number of hydrogen-bond acceptors (Lipinski definition) is 2. The second-order valence-corrected chi connectivity index (χ2v) is 4.19. The molecule has 0 saturated heterocycles. The van der Waals surface area contributed by atoms with Gasteiger partial charge >= 0.3 is 0 Å². The van der Waals surface area contributed by atoms with E-state index >= 15 is 0 Å². The van der Waals surface area contributed by atoms with Crippen LogP contribution in [0.5, 0.6) is 0 Å². The molecule has 0 bridgehead atoms. The van der Waals surface area contributed by atoms with E-state index in [0.717, 1.165) is 41.7 Å². The summed E-state index contributed by atoms with van der Waals surface area (Å²) in [6, 6.07) is 5.85. The van der Waals surface area contributed by atoms with Gasteiger partial charge in [0.05, 0.1) is 12.9 Å². The van der Waals surface area contributed by atoms with Crippen LogP contribution in [0.15, 0.2) is 30.0 Å². The topological polar surface area (TPSA) is 26.3 Å². The third-order valence-corrected chi connectivity index (χ3v) is 3.07. The second-order valence-electron chi connectivity index (χ2n) is 4.19. The van der Waals surface area contributed by atoms with Crippen LogP contribution in [0.4, 0.5) is 0 Å². The Morgan fingerprint density at radius 3 is 2.81 bits per heavy atom. The molecule has 1 aromatic rings. The first-order chi connectivity index (χ1) is 7.70. The minimum Gasteiger partial charge on any atom is -0.501 e. The maximum absolute atomic E-state index is 12.2. The molecule has 0 amide bonds. The molecule has 2 nitrogen and oxygen atoms in total. The number of benzene rings is 1. The number of allylic oxidation sites excluding steroid dienone is 1. The average Bonchev–Trinajstić information content (AvgIpc) is 2.33. The van der Waals surface area contributed by atoms with Gasteiger partial charge in [-0.05, 0) is 37.8 Å². The summed E-state index contributed by atoms with van der Waals surface area (Å²) in [5.41, 5.74) is 3.82. The predicted octanol–water partition coefficient (Wildman–Crippen LogP) is 3.18. The summed E-state index contributed by atoms with van der Waals surface area (Å²) in [7, 11) is 0. The van der Waals surface area contributed by atoms with Gasteiger partial charge in [0, 0.05) is 11.1 Å². The molecular weight excluding hydrogens is 200 g/mol. The summed E-state index contributed by atoms with van der Waals surface area (Å²) in [5.74, 6) is 0.112. The van der Waals surface area contributed by atoms with Gasteiger partial charge in [0.2, 0.25) is 0 Å². The predicted molar refractivity (Wildman–Crippen MR) is 63.5 cm³/mol. The van der Waals surface area contributed by atoms with Gasteiger partial charge in [-0.1, -0.05) is 18.2 Å². The van der Waals surface area contributed by atoms with Gasteiger partial charge < -0.3 is 4.74 Å². The number of carbonyl (C=O) groups is 1. The molecule has 0 aromatic heterocycles. The summed E-state index contributed by atoms with van der Waals surface area (Å²) in [5, 5.41) is 0. The van der Waals surface area contributed by atoms with Crippen molar-refractivity contribution in [1.82, 2.24) is 0 Å². The van der Waals surface area contributed by atoms with Crippen molar-refractivity contribution in [1.29, 1.82) is 0 Å². The van der Waals surface area contributed by atoms with E-state index in [1.54, 1.807) is 6.26 Å². The molecule has 0 aliphatic carbocycles. The molecule has 0 N–H and O–H groups in total. The van der Waals surface area contributed by atoms with Crippen molar-refractivity contribution < 1.29 is 9.53 Å². The molecule has 0 atom stereocenters. The van der Waals surface area contributed by atoms with E-state index in [4.69, 9.17) is 4.74 Å². The van der Waals surface area contributed by atoms with Crippen molar-refractivity contribution in [3.63, 3.8) is 0 Å². The van der Waals surface area contributed by atoms with Crippen molar-refractivity contribution in [3.8, 4) is 0 Å². The van der Waals surface area contributed by atoms with Crippen molar-refractivity contribution in [2.24, 2.45) is 0 Å². The Morgan fingerprint density at radius 1 is 1.31 bits per heavy atom. The maximum Gasteiger partial charge on any atom is 0.192 e. The summed E-state index contributed by atoms with van der Waals surface area (Å²) in [6.45, 7) is 4.74. The van der Waals surface area contributed by atoms with Crippen LogP contribution in [0.1, 0.15) is 34.3 Å². The monoisotopic (exact) mass is 216 g/mol. The second kappa shape index (κ2) is 4.52. The van der Waals surface area contributed by atoms with Crippen molar-refractivity contribution in [3.05, 3.63) is 46.7 Å². The van der Waals surface area contributed by atoms with Crippen LogP contribution in [0.3, 0.4) is 0 Å². The number of carbonyl (C=O) groups excluding carboxylic acids is 1. The van der Waals surface area contributed by atoms with E-state index in [1.807, 2.05) is 32.0 Å². The highest BCUT2D eigenvalue weighted by Gasteiger charge is 2.17. The minimum absolute atomic E-state index is 0.112. The SMILES string of the molecule is Cc1cccc(C(=O)C2=COCCC2)c1C. The van der Waals surface area contributed by atoms with Crippen LogP contribution >= 0.6 is 0 Å². The zero-order chi connectivity index (χ0) is 11.5. The smallest absolute Gasteiger partial charge is 0.192 e. The molecule has 2 heteroatoms. The molecule has 16 heavy (non-hydrogen) atoms. The van der Waals surface area contributed by atoms with Crippen LogP contribution in [-0.4, -0.2) is 12.4 Å². The van der Waals surface area contributed by atoms with Gasteiger partial charge in [-0.25, -0.2) is 0 Å². The first-order valence-electron chi connectivity index (χ1n) is 5.61. The summed E-state index contributed by atoms with van der Waals surface area (Å²) >= 11 is 0. The van der Waals surface area contributed by atoms with E-state index in [0.29, 0.717) is 0 Å². The molecule has 0 spiro atoms. The average molecular weight is 216 g/mol. The normalized spacial score (nSPS) is 15.2. The number of aryl methyl sites for hydroxylation is 1. The van der Waals surface area contributed by atoms with E-state index in [2.05, 4.69) is 0 Å². The van der Waals surface area contributed by atoms with Gasteiger partial charge in [-0.15, -0.1) is 0 Å². The van der Waals surface area contributed by atoms with E-state index in [1.165, 1.54) is 0 Å². The highest BCUT2D eigenvalue weighted by Crippen LogP contribution is 2.21. The van der Waals surface area contributed by atoms with Crippen LogP contribution in [0.25, 0.3) is 0 Å². The Bertz CT molecular complexity index is 444. The van der Waals surface area contributed by atoms with Gasteiger partial charge in [0.1, 0.15) is 0 Å². The zero-order valence-electron chi connectivity index (χ0n) is 9.75. The largest absolute Gasteiger partial charge is 0.501 e. The highest BCUT2D eigenvalue weighted by molar-refractivity contribution is 6.09. The summed E-state index contributed by atoms with van der Waals surface area (Å²) in [4.78, 5) is 12.2. The van der Waals surface area contributed by atoms with Crippen LogP contribution in [0, 0.1) is 13.8 Å². The van der Waals surface area contributed by atoms with Crippen molar-refractivity contribution in [2.45, 2.75) is 26.7 Å². The lowest BCUT2D eigenvalue weighted by Gasteiger charge is -2.14.